The van der Waals surface area contributed by atoms with Crippen LogP contribution >= 0.6 is 0 Å². The highest BCUT2D eigenvalue weighted by Gasteiger charge is 2.72. The van der Waals surface area contributed by atoms with E-state index in [4.69, 9.17) is 23.0 Å². The number of ketones is 1. The first kappa shape index (κ1) is 36.6. The van der Waals surface area contributed by atoms with Crippen LogP contribution in [0.25, 0.3) is 0 Å². The molecule has 6 rings (SSSR count). The monoisotopic (exact) mass is 698 g/mol. The van der Waals surface area contributed by atoms with E-state index in [9.17, 15) is 29.1 Å². The molecule has 1 N–H and O–H groups in total. The van der Waals surface area contributed by atoms with Crippen molar-refractivity contribution < 1.29 is 47.3 Å². The smallest absolute Gasteiger partial charge is 0.481 e. The quantitative estimate of drug-likeness (QED) is 0.307. The Morgan fingerprint density at radius 1 is 0.960 bits per heavy atom. The first-order valence-corrected chi connectivity index (χ1v) is 18.2. The summed E-state index contributed by atoms with van der Waals surface area (Å²) in [5, 5.41) is 10.2. The van der Waals surface area contributed by atoms with Crippen molar-refractivity contribution in [2.75, 3.05) is 7.11 Å². The molecule has 4 saturated carbocycles. The van der Waals surface area contributed by atoms with Crippen molar-refractivity contribution in [1.29, 1.82) is 0 Å². The highest BCUT2D eigenvalue weighted by Crippen LogP contribution is 2.75. The molecule has 1 aromatic heterocycles. The topological polar surface area (TPSA) is 160 Å². The number of carbonyl (C=O) groups excluding carboxylic acids is 3. The van der Waals surface area contributed by atoms with E-state index in [1.165, 1.54) is 7.11 Å². The second-order valence-corrected chi connectivity index (χ2v) is 17.7. The molecule has 276 valence electrons. The number of hydrogen-bond donors (Lipinski definition) is 1. The highest BCUT2D eigenvalue weighted by molar-refractivity contribution is 5.96. The van der Waals surface area contributed by atoms with E-state index in [0.717, 1.165) is 24.8 Å². The van der Waals surface area contributed by atoms with Crippen LogP contribution in [0.5, 0.6) is 0 Å². The number of carbonyl (C=O) groups is 4. The third-order valence-electron chi connectivity index (χ3n) is 15.2. The second-order valence-electron chi connectivity index (χ2n) is 17.7. The summed E-state index contributed by atoms with van der Waals surface area (Å²) >= 11 is 0. The van der Waals surface area contributed by atoms with Crippen molar-refractivity contribution in [1.82, 2.24) is 0 Å². The van der Waals surface area contributed by atoms with Crippen LogP contribution < -0.4 is 5.82 Å². The van der Waals surface area contributed by atoms with Crippen LogP contribution in [0.4, 0.5) is 0 Å². The van der Waals surface area contributed by atoms with Gasteiger partial charge in [0.25, 0.3) is 0 Å². The maximum atomic E-state index is 14.8. The minimum atomic E-state index is -1.33. The van der Waals surface area contributed by atoms with Crippen LogP contribution in [0.2, 0.25) is 0 Å². The number of esters is 2. The molecule has 0 aliphatic heterocycles. The van der Waals surface area contributed by atoms with Gasteiger partial charge in [-0.2, -0.15) is 0 Å². The number of hydrogen-bond acceptors (Lipinski definition) is 10. The molecule has 11 nitrogen and oxygen atoms in total. The molecule has 1 aromatic rings. The third-order valence-corrected chi connectivity index (χ3v) is 15.2. The number of allylic oxidation sites excluding steroid dienone is 2. The van der Waals surface area contributed by atoms with Gasteiger partial charge in [-0.1, -0.05) is 33.3 Å². The molecule has 0 aromatic carbocycles. The lowest BCUT2D eigenvalue weighted by molar-refractivity contribution is -0.226. The normalized spacial score (nSPS) is 42.9. The largest absolute Gasteiger partial charge is 0.519 e. The number of fused-ring (bicyclic) bond motifs is 7. The molecule has 0 unspecified atom stereocenters. The lowest BCUT2D eigenvalue weighted by Crippen LogP contribution is -2.68. The van der Waals surface area contributed by atoms with Crippen LogP contribution in [0.3, 0.4) is 0 Å². The Kier molecular flexibility index (Phi) is 8.72. The molecule has 0 spiro atoms. The van der Waals surface area contributed by atoms with Crippen LogP contribution in [0, 0.1) is 57.2 Å². The van der Waals surface area contributed by atoms with E-state index in [-0.39, 0.29) is 46.6 Å². The molecule has 0 saturated heterocycles. The van der Waals surface area contributed by atoms with Crippen LogP contribution in [-0.4, -0.2) is 48.1 Å². The van der Waals surface area contributed by atoms with Crippen LogP contribution in [0.1, 0.15) is 118 Å². The SMILES string of the molecule is CO[C@H](C)C(=O)O[C@H]1CC[C@@]2(C)[C@@H](CC[C@]3(C)[C@@H]2C(=O)C=C2[C@@H]4C[C@@](C)(C(=O)O)CC[C@]4(C)CC[C@]23C)[C@]1(C)C(=O)OCc1oc(=O)oc1C. The fourth-order valence-corrected chi connectivity index (χ4v) is 11.6. The summed E-state index contributed by atoms with van der Waals surface area (Å²) in [4.78, 5) is 66.5. The van der Waals surface area contributed by atoms with Crippen molar-refractivity contribution in [2.24, 2.45) is 50.2 Å². The van der Waals surface area contributed by atoms with Crippen LogP contribution in [-0.2, 0) is 40.0 Å². The number of aliphatic carboxylic acids is 1. The molecule has 5 aliphatic rings. The standard InChI is InChI=1S/C39H54O11/c1-21-26(49-33(45)48-21)20-47-32(44)39(8)27-10-13-38(7)29(36(27,5)12-11-28(39)50-30(41)22(2)46-9)25(40)18-23-24-19-35(4,31(42)43)15-14-34(24,3)16-17-37(23,38)6/h18,22,24,27-29H,10-17,19-20H2,1-9H3,(H,42,43)/t22-,24+,27-,28+,29-,34-,35+,36+,37-,38-,39+/m1/s1. The Bertz CT molecular complexity index is 1690. The molecule has 11 heteroatoms. The Labute approximate surface area is 293 Å². The number of rotatable bonds is 7. The van der Waals surface area contributed by atoms with E-state index in [1.807, 2.05) is 13.0 Å². The number of methoxy groups -OCH3 is 1. The van der Waals surface area contributed by atoms with E-state index >= 15 is 0 Å². The summed E-state index contributed by atoms with van der Waals surface area (Å²) in [5.41, 5.74) is -2.58. The second kappa shape index (κ2) is 11.9. The number of aryl methyl sites for hydroxylation is 1. The Hall–Kier alpha value is -3.21. The minimum absolute atomic E-state index is 0.00653. The van der Waals surface area contributed by atoms with E-state index < -0.39 is 63.5 Å². The Balaban J connectivity index is 1.40. The Morgan fingerprint density at radius 3 is 2.26 bits per heavy atom. The number of carboxylic acid groups (broad SMARTS) is 1. The van der Waals surface area contributed by atoms with Crippen molar-refractivity contribution in [3.05, 3.63) is 33.8 Å². The molecule has 1 heterocycles. The highest BCUT2D eigenvalue weighted by atomic mass is 16.6. The third kappa shape index (κ3) is 5.10. The average molecular weight is 699 g/mol. The van der Waals surface area contributed by atoms with E-state index in [0.29, 0.717) is 38.5 Å². The van der Waals surface area contributed by atoms with Gasteiger partial charge in [0.2, 0.25) is 0 Å². The van der Waals surface area contributed by atoms with Crippen molar-refractivity contribution in [3.8, 4) is 0 Å². The van der Waals surface area contributed by atoms with Gasteiger partial charge in [-0.15, -0.1) is 0 Å². The van der Waals surface area contributed by atoms with Gasteiger partial charge in [0.05, 0.1) is 5.41 Å². The fourth-order valence-electron chi connectivity index (χ4n) is 11.6. The average Bonchev–Trinajstić information content (AvgIpc) is 3.38. The molecular weight excluding hydrogens is 644 g/mol. The minimum Gasteiger partial charge on any atom is -0.481 e. The summed E-state index contributed by atoms with van der Waals surface area (Å²) in [7, 11) is 1.42. The van der Waals surface area contributed by atoms with Gasteiger partial charge < -0.3 is 28.2 Å². The van der Waals surface area contributed by atoms with Gasteiger partial charge in [-0.3, -0.25) is 14.4 Å². The lowest BCUT2D eigenvalue weighted by Gasteiger charge is -2.70. The molecule has 4 fully saturated rings. The zero-order valence-electron chi connectivity index (χ0n) is 31.1. The van der Waals surface area contributed by atoms with Crippen LogP contribution in [0.15, 0.2) is 25.3 Å². The zero-order valence-corrected chi connectivity index (χ0v) is 31.1. The fraction of sp³-hybridized carbons (Fsp3) is 0.769. The predicted molar refractivity (Wildman–Crippen MR) is 180 cm³/mol. The molecule has 5 aliphatic carbocycles. The van der Waals surface area contributed by atoms with E-state index in [2.05, 4.69) is 27.7 Å². The van der Waals surface area contributed by atoms with Gasteiger partial charge in [-0.25, -0.2) is 9.59 Å². The first-order valence-electron chi connectivity index (χ1n) is 18.2. The van der Waals surface area contributed by atoms with Crippen molar-refractivity contribution >= 4 is 23.7 Å². The number of carboxylic acids is 1. The van der Waals surface area contributed by atoms with Crippen molar-refractivity contribution in [2.45, 2.75) is 132 Å². The molecule has 0 amide bonds. The zero-order chi connectivity index (χ0) is 36.8. The predicted octanol–water partition coefficient (Wildman–Crippen LogP) is 6.58. The Morgan fingerprint density at radius 2 is 1.64 bits per heavy atom. The molecule has 11 atom stereocenters. The van der Waals surface area contributed by atoms with Gasteiger partial charge in [0, 0.05) is 13.0 Å². The summed E-state index contributed by atoms with van der Waals surface area (Å²) in [6.45, 7) is 15.4. The molecular formula is C39H54O11. The molecule has 0 radical (unpaired) electrons. The maximum Gasteiger partial charge on any atom is 0.519 e. The lowest BCUT2D eigenvalue weighted by atomic mass is 9.33. The summed E-state index contributed by atoms with van der Waals surface area (Å²) < 4.78 is 27.2. The van der Waals surface area contributed by atoms with Gasteiger partial charge >= 0.3 is 23.7 Å². The van der Waals surface area contributed by atoms with Gasteiger partial charge in [-0.05, 0) is 125 Å². The summed E-state index contributed by atoms with van der Waals surface area (Å²) in [6.07, 6.45) is 6.15. The summed E-state index contributed by atoms with van der Waals surface area (Å²) in [5.74, 6) is -3.32. The van der Waals surface area contributed by atoms with Gasteiger partial charge in [0.1, 0.15) is 11.5 Å². The number of ether oxygens (including phenoxy) is 3. The van der Waals surface area contributed by atoms with Gasteiger partial charge in [0.15, 0.2) is 30.0 Å². The first-order chi connectivity index (χ1) is 23.2. The maximum absolute atomic E-state index is 14.8. The van der Waals surface area contributed by atoms with E-state index in [1.54, 1.807) is 20.8 Å². The molecule has 0 bridgehead atoms. The summed E-state index contributed by atoms with van der Waals surface area (Å²) in [6, 6.07) is 0. The molecule has 50 heavy (non-hydrogen) atoms. The van der Waals surface area contributed by atoms with Crippen molar-refractivity contribution in [3.63, 3.8) is 0 Å².